The van der Waals surface area contributed by atoms with Crippen molar-refractivity contribution in [2.24, 2.45) is 24.8 Å². The normalized spacial score (nSPS) is 30.7. The minimum absolute atomic E-state index is 0.0457. The van der Waals surface area contributed by atoms with E-state index in [4.69, 9.17) is 0 Å². The van der Waals surface area contributed by atoms with E-state index in [9.17, 15) is 9.59 Å². The van der Waals surface area contributed by atoms with Gasteiger partial charge in [-0.15, -0.1) is 0 Å². The number of nitrogens with zero attached hydrogens (tertiary/aromatic N) is 4. The third kappa shape index (κ3) is 1.83. The molecule has 8 nitrogen and oxygen atoms in total. The number of carbonyl (C=O) groups excluding carboxylic acids is 1. The number of amides is 2. The first kappa shape index (κ1) is 13.1. The summed E-state index contributed by atoms with van der Waals surface area (Å²) in [4.78, 5) is 33.5. The number of aryl methyl sites for hydroxylation is 1. The average molecular weight is 314 g/mol. The van der Waals surface area contributed by atoms with Crippen molar-refractivity contribution < 1.29 is 4.79 Å². The van der Waals surface area contributed by atoms with Gasteiger partial charge in [0.05, 0.1) is 12.7 Å². The van der Waals surface area contributed by atoms with Crippen LogP contribution in [0.1, 0.15) is 18.7 Å². The molecule has 3 aliphatic rings. The maximum Gasteiger partial charge on any atom is 0.318 e. The Morgan fingerprint density at radius 2 is 2.30 bits per heavy atom. The summed E-state index contributed by atoms with van der Waals surface area (Å²) in [6.45, 7) is 1.10. The number of aromatic amines is 1. The number of hydrogen-bond acceptors (Lipinski definition) is 4. The van der Waals surface area contributed by atoms with Gasteiger partial charge in [0.2, 0.25) is 0 Å². The molecule has 2 N–H and O–H groups in total. The first-order chi connectivity index (χ1) is 11.1. The molecule has 1 saturated heterocycles. The van der Waals surface area contributed by atoms with Crippen molar-refractivity contribution in [1.82, 2.24) is 30.0 Å². The van der Waals surface area contributed by atoms with Gasteiger partial charge in [-0.1, -0.05) is 0 Å². The Bertz CT molecular complexity index is 870. The van der Waals surface area contributed by atoms with E-state index in [-0.39, 0.29) is 18.1 Å². The summed E-state index contributed by atoms with van der Waals surface area (Å²) in [5, 5.41) is 7.38. The van der Waals surface area contributed by atoms with Gasteiger partial charge in [0.25, 0.3) is 5.56 Å². The fourth-order valence-electron chi connectivity index (χ4n) is 4.49. The third-order valence-electron chi connectivity index (χ3n) is 5.69. The number of nitrogens with one attached hydrogen (secondary N) is 2. The van der Waals surface area contributed by atoms with Crippen LogP contribution in [0.3, 0.4) is 0 Å². The van der Waals surface area contributed by atoms with E-state index in [1.807, 2.05) is 4.90 Å². The number of urea groups is 1. The van der Waals surface area contributed by atoms with Crippen LogP contribution in [0, 0.1) is 17.8 Å². The molecule has 0 spiro atoms. The molecule has 120 valence electrons. The average Bonchev–Trinajstić information content (AvgIpc) is 2.94. The van der Waals surface area contributed by atoms with Gasteiger partial charge in [0, 0.05) is 19.6 Å². The van der Waals surface area contributed by atoms with Crippen molar-refractivity contribution in [2.75, 3.05) is 6.54 Å². The lowest BCUT2D eigenvalue weighted by atomic mass is 10.1. The van der Waals surface area contributed by atoms with Crippen LogP contribution < -0.4 is 10.9 Å². The van der Waals surface area contributed by atoms with Gasteiger partial charge in [-0.25, -0.2) is 9.78 Å². The quantitative estimate of drug-likeness (QED) is 0.828. The Balaban J connectivity index is 1.32. The zero-order chi connectivity index (χ0) is 15.7. The molecule has 2 aromatic rings. The summed E-state index contributed by atoms with van der Waals surface area (Å²) in [5.74, 6) is 2.78. The highest BCUT2D eigenvalue weighted by Crippen LogP contribution is 2.60. The van der Waals surface area contributed by atoms with Gasteiger partial charge >= 0.3 is 6.03 Å². The molecule has 2 amide bonds. The summed E-state index contributed by atoms with van der Waals surface area (Å²) in [6.07, 6.45) is 3.96. The molecular weight excluding hydrogens is 296 g/mol. The minimum atomic E-state index is -0.228. The predicted octanol–water partition coefficient (Wildman–Crippen LogP) is 0.206. The van der Waals surface area contributed by atoms with Crippen LogP contribution in [0.15, 0.2) is 11.0 Å². The highest BCUT2D eigenvalue weighted by molar-refractivity contribution is 5.76. The van der Waals surface area contributed by atoms with Gasteiger partial charge < -0.3 is 15.2 Å². The Hall–Kier alpha value is -2.38. The van der Waals surface area contributed by atoms with E-state index in [0.717, 1.165) is 18.4 Å². The Morgan fingerprint density at radius 1 is 1.43 bits per heavy atom. The summed E-state index contributed by atoms with van der Waals surface area (Å²) in [6, 6.07) is 0.382. The Kier molecular flexibility index (Phi) is 2.47. The molecule has 2 saturated carbocycles. The molecule has 23 heavy (non-hydrogen) atoms. The number of piperidine rings is 1. The van der Waals surface area contributed by atoms with E-state index in [1.54, 1.807) is 11.7 Å². The monoisotopic (exact) mass is 314 g/mol. The van der Waals surface area contributed by atoms with E-state index in [0.29, 0.717) is 28.8 Å². The van der Waals surface area contributed by atoms with Gasteiger partial charge in [0.15, 0.2) is 5.65 Å². The van der Waals surface area contributed by atoms with Crippen LogP contribution in [0.4, 0.5) is 4.79 Å². The number of rotatable bonds is 2. The van der Waals surface area contributed by atoms with Gasteiger partial charge in [-0.2, -0.15) is 5.10 Å². The predicted molar refractivity (Wildman–Crippen MR) is 81.6 cm³/mol. The van der Waals surface area contributed by atoms with Crippen molar-refractivity contribution >= 4 is 17.1 Å². The van der Waals surface area contributed by atoms with Crippen LogP contribution in [0.25, 0.3) is 11.0 Å². The maximum atomic E-state index is 12.4. The number of likely N-dealkylation sites (tertiary alicyclic amines) is 1. The lowest BCUT2D eigenvalue weighted by Gasteiger charge is -2.26. The van der Waals surface area contributed by atoms with Crippen molar-refractivity contribution in [3.05, 3.63) is 22.4 Å². The summed E-state index contributed by atoms with van der Waals surface area (Å²) in [7, 11) is 1.74. The van der Waals surface area contributed by atoms with E-state index < -0.39 is 0 Å². The van der Waals surface area contributed by atoms with Crippen LogP contribution in [0.5, 0.6) is 0 Å². The van der Waals surface area contributed by atoms with Crippen LogP contribution in [-0.4, -0.2) is 43.3 Å². The molecule has 2 aromatic heterocycles. The first-order valence-electron chi connectivity index (χ1n) is 8.07. The number of aromatic nitrogens is 4. The molecular formula is C15H18N6O2. The molecule has 2 aliphatic carbocycles. The molecule has 1 aliphatic heterocycles. The second-order valence-corrected chi connectivity index (χ2v) is 6.96. The molecule has 0 unspecified atom stereocenters. The second kappa shape index (κ2) is 4.33. The number of hydrogen-bond donors (Lipinski definition) is 2. The van der Waals surface area contributed by atoms with Crippen LogP contribution >= 0.6 is 0 Å². The SMILES string of the molecule is Cn1ncc2c(=O)[nH]c(CNC(=O)N3C[C@@H]4C[C@H]3[C@H]3C[C@@H]43)nc21. The van der Waals surface area contributed by atoms with Gasteiger partial charge in [0.1, 0.15) is 11.2 Å². The summed E-state index contributed by atoms with van der Waals surface area (Å²) in [5.41, 5.74) is 0.299. The molecule has 8 heteroatoms. The molecule has 0 aromatic carbocycles. The molecule has 2 bridgehead atoms. The third-order valence-corrected chi connectivity index (χ3v) is 5.69. The lowest BCUT2D eigenvalue weighted by Crippen LogP contribution is -2.45. The van der Waals surface area contributed by atoms with Crippen molar-refractivity contribution in [2.45, 2.75) is 25.4 Å². The largest absolute Gasteiger partial charge is 0.331 e. The standard InChI is InChI=1S/C15H18N6O2/c1-20-13-10(4-17-20)14(22)19-12(18-13)5-16-15(23)21-6-7-2-11(21)9-3-8(7)9/h4,7-9,11H,2-3,5-6H2,1H3,(H,16,23)(H,18,19,22)/t7-,8-,9-,11-/m0/s1. The van der Waals surface area contributed by atoms with Gasteiger partial charge in [-0.05, 0) is 30.6 Å². The number of H-pyrrole nitrogens is 1. The fourth-order valence-corrected chi connectivity index (χ4v) is 4.49. The van der Waals surface area contributed by atoms with E-state index in [1.165, 1.54) is 19.0 Å². The molecule has 3 fully saturated rings. The molecule has 4 atom stereocenters. The summed E-state index contributed by atoms with van der Waals surface area (Å²) >= 11 is 0. The molecule has 3 heterocycles. The highest BCUT2D eigenvalue weighted by Gasteiger charge is 2.61. The van der Waals surface area contributed by atoms with Crippen LogP contribution in [-0.2, 0) is 13.6 Å². The van der Waals surface area contributed by atoms with Gasteiger partial charge in [-0.3, -0.25) is 9.48 Å². The Morgan fingerprint density at radius 3 is 3.09 bits per heavy atom. The molecule has 0 radical (unpaired) electrons. The van der Waals surface area contributed by atoms with E-state index in [2.05, 4.69) is 20.4 Å². The smallest absolute Gasteiger partial charge is 0.318 e. The first-order valence-corrected chi connectivity index (χ1v) is 8.07. The van der Waals surface area contributed by atoms with Crippen LogP contribution in [0.2, 0.25) is 0 Å². The zero-order valence-corrected chi connectivity index (χ0v) is 12.8. The van der Waals surface area contributed by atoms with E-state index >= 15 is 0 Å². The highest BCUT2D eigenvalue weighted by atomic mass is 16.2. The van der Waals surface area contributed by atoms with Crippen molar-refractivity contribution in [3.8, 4) is 0 Å². The van der Waals surface area contributed by atoms with Crippen molar-refractivity contribution in [3.63, 3.8) is 0 Å². The second-order valence-electron chi connectivity index (χ2n) is 6.96. The fraction of sp³-hybridized carbons (Fsp3) is 0.600. The molecule has 5 rings (SSSR count). The number of fused-ring (bicyclic) bond motifs is 6. The minimum Gasteiger partial charge on any atom is -0.331 e. The maximum absolute atomic E-state index is 12.4. The Labute approximate surface area is 131 Å². The topological polar surface area (TPSA) is 95.9 Å². The summed E-state index contributed by atoms with van der Waals surface area (Å²) < 4.78 is 1.56. The zero-order valence-electron chi connectivity index (χ0n) is 12.8. The number of carbonyl (C=O) groups is 1. The lowest BCUT2D eigenvalue weighted by molar-refractivity contribution is 0.176. The van der Waals surface area contributed by atoms with Crippen molar-refractivity contribution in [1.29, 1.82) is 0 Å².